The lowest BCUT2D eigenvalue weighted by atomic mass is 10.3. The molecule has 0 aromatic carbocycles. The van der Waals surface area contributed by atoms with Crippen molar-refractivity contribution in [1.29, 1.82) is 0 Å². The van der Waals surface area contributed by atoms with Gasteiger partial charge in [0.05, 0.1) is 0 Å². The second-order valence-electron chi connectivity index (χ2n) is 1.49. The van der Waals surface area contributed by atoms with E-state index in [0.717, 1.165) is 0 Å². The molecule has 0 aliphatic rings. The summed E-state index contributed by atoms with van der Waals surface area (Å²) >= 11 is 0. The Bertz CT molecular complexity index is 147. The van der Waals surface area contributed by atoms with E-state index < -0.39 is 0 Å². The lowest BCUT2D eigenvalue weighted by Crippen LogP contribution is -2.23. The largest absolute Gasteiger partial charge is 0.619 e. The van der Waals surface area contributed by atoms with E-state index in [2.05, 4.69) is 0 Å². The average molecular weight is 107 g/mol. The van der Waals surface area contributed by atoms with Gasteiger partial charge in [-0.1, -0.05) is 0 Å². The Morgan fingerprint density at radius 2 is 1.88 bits per heavy atom. The van der Waals surface area contributed by atoms with Crippen LogP contribution in [0.15, 0.2) is 24.5 Å². The normalized spacial score (nSPS) is 9.12. The molecular formula is C6H5NO. The topological polar surface area (TPSA) is 26.9 Å². The zero-order valence-electron chi connectivity index (χ0n) is 4.24. The van der Waals surface area contributed by atoms with Gasteiger partial charge in [0.1, 0.15) is 0 Å². The van der Waals surface area contributed by atoms with Crippen LogP contribution in [0.3, 0.4) is 0 Å². The van der Waals surface area contributed by atoms with Crippen LogP contribution in [-0.4, -0.2) is 0 Å². The Labute approximate surface area is 48.0 Å². The predicted octanol–water partition coefficient (Wildman–Crippen LogP) is 0.379. The van der Waals surface area contributed by atoms with E-state index in [0.29, 0.717) is 10.3 Å². The summed E-state index contributed by atoms with van der Waals surface area (Å²) in [5, 5.41) is 10.3. The highest BCUT2D eigenvalue weighted by molar-refractivity contribution is 5.09. The van der Waals surface area contributed by atoms with Gasteiger partial charge in [0.25, 0.3) is 0 Å². The first-order chi connectivity index (χ1) is 3.79. The fraction of sp³-hybridized carbons (Fsp3) is 0. The third kappa shape index (κ3) is 0.964. The van der Waals surface area contributed by atoms with E-state index >= 15 is 0 Å². The highest BCUT2D eigenvalue weighted by atomic mass is 16.5. The third-order valence-corrected chi connectivity index (χ3v) is 0.828. The van der Waals surface area contributed by atoms with Gasteiger partial charge in [0.2, 0.25) is 0 Å². The molecule has 0 N–H and O–H groups in total. The van der Waals surface area contributed by atoms with Crippen molar-refractivity contribution in [3.8, 4) is 0 Å². The standard InChI is InChI=1S/C6H5NO/c1-6-2-4-7(8)5-3-6/h1-5H. The molecule has 0 spiro atoms. The first-order valence-corrected chi connectivity index (χ1v) is 2.23. The van der Waals surface area contributed by atoms with Crippen molar-refractivity contribution >= 4 is 0 Å². The number of hydrogen-bond acceptors (Lipinski definition) is 1. The van der Waals surface area contributed by atoms with E-state index in [9.17, 15) is 5.21 Å². The molecule has 1 aromatic rings. The molecule has 1 aromatic heterocycles. The van der Waals surface area contributed by atoms with Gasteiger partial charge >= 0.3 is 0 Å². The molecule has 1 rings (SSSR count). The number of hydrogen-bond donors (Lipinski definition) is 0. The Morgan fingerprint density at radius 3 is 2.25 bits per heavy atom. The zero-order valence-corrected chi connectivity index (χ0v) is 4.24. The molecule has 2 radical (unpaired) electrons. The molecule has 40 valence electrons. The van der Waals surface area contributed by atoms with E-state index in [4.69, 9.17) is 6.92 Å². The van der Waals surface area contributed by atoms with Crippen molar-refractivity contribution in [2.24, 2.45) is 0 Å². The summed E-state index contributed by atoms with van der Waals surface area (Å²) in [6.45, 7) is 5.27. The first kappa shape index (κ1) is 5.09. The summed E-state index contributed by atoms with van der Waals surface area (Å²) in [6.07, 6.45) is 2.71. The molecule has 0 unspecified atom stereocenters. The minimum Gasteiger partial charge on any atom is -0.619 e. The summed E-state index contributed by atoms with van der Waals surface area (Å²) in [5.74, 6) is 0. The smallest absolute Gasteiger partial charge is 0.180 e. The van der Waals surface area contributed by atoms with E-state index in [1.807, 2.05) is 0 Å². The Kier molecular flexibility index (Phi) is 1.16. The van der Waals surface area contributed by atoms with E-state index in [1.54, 1.807) is 12.1 Å². The van der Waals surface area contributed by atoms with Crippen molar-refractivity contribution in [3.05, 3.63) is 42.2 Å². The van der Waals surface area contributed by atoms with Crippen LogP contribution in [0, 0.1) is 12.1 Å². The third-order valence-electron chi connectivity index (χ3n) is 0.828. The number of pyridine rings is 1. The van der Waals surface area contributed by atoms with Crippen LogP contribution in [0.1, 0.15) is 5.56 Å². The highest BCUT2D eigenvalue weighted by Crippen LogP contribution is 1.87. The lowest BCUT2D eigenvalue weighted by molar-refractivity contribution is -0.605. The van der Waals surface area contributed by atoms with Gasteiger partial charge in [-0.15, -0.1) is 0 Å². The average Bonchev–Trinajstić information content (AvgIpc) is 1.77. The molecule has 8 heavy (non-hydrogen) atoms. The summed E-state index contributed by atoms with van der Waals surface area (Å²) < 4.78 is 0.691. The highest BCUT2D eigenvalue weighted by Gasteiger charge is 1.84. The number of rotatable bonds is 0. The summed E-state index contributed by atoms with van der Waals surface area (Å²) in [5.41, 5.74) is 0.608. The van der Waals surface area contributed by atoms with Crippen LogP contribution in [0.4, 0.5) is 0 Å². The molecule has 0 aliphatic carbocycles. The maximum Gasteiger partial charge on any atom is 0.180 e. The molecule has 0 amide bonds. The quantitative estimate of drug-likeness (QED) is 0.348. The van der Waals surface area contributed by atoms with E-state index in [-0.39, 0.29) is 0 Å². The molecule has 0 saturated heterocycles. The fourth-order valence-electron chi connectivity index (χ4n) is 0.424. The fourth-order valence-corrected chi connectivity index (χ4v) is 0.424. The van der Waals surface area contributed by atoms with Crippen molar-refractivity contribution in [2.45, 2.75) is 0 Å². The van der Waals surface area contributed by atoms with Gasteiger partial charge in [-0.05, 0) is 12.5 Å². The maximum atomic E-state index is 10.3. The van der Waals surface area contributed by atoms with Crippen LogP contribution in [0.2, 0.25) is 0 Å². The first-order valence-electron chi connectivity index (χ1n) is 2.23. The Balaban J connectivity index is 3.03. The molecule has 2 nitrogen and oxygen atoms in total. The maximum absolute atomic E-state index is 10.3. The molecule has 0 saturated carbocycles. The van der Waals surface area contributed by atoms with Gasteiger partial charge in [-0.2, -0.15) is 4.73 Å². The molecule has 1 heterocycles. The molecular weight excluding hydrogens is 102 g/mol. The van der Waals surface area contributed by atoms with Gasteiger partial charge in [0, 0.05) is 12.1 Å². The van der Waals surface area contributed by atoms with Crippen molar-refractivity contribution in [3.63, 3.8) is 0 Å². The SMILES string of the molecule is [CH]c1cc[n+]([O-])cc1. The van der Waals surface area contributed by atoms with Crippen molar-refractivity contribution in [2.75, 3.05) is 0 Å². The molecule has 2 heteroatoms. The zero-order chi connectivity index (χ0) is 5.98. The lowest BCUT2D eigenvalue weighted by Gasteiger charge is -1.91. The van der Waals surface area contributed by atoms with Crippen molar-refractivity contribution in [1.82, 2.24) is 0 Å². The molecule has 0 bridgehead atoms. The number of nitrogens with zero attached hydrogens (tertiary/aromatic N) is 1. The summed E-state index contributed by atoms with van der Waals surface area (Å²) in [7, 11) is 0. The Morgan fingerprint density at radius 1 is 1.38 bits per heavy atom. The second-order valence-corrected chi connectivity index (χ2v) is 1.49. The van der Waals surface area contributed by atoms with Crippen LogP contribution in [0.25, 0.3) is 0 Å². The summed E-state index contributed by atoms with van der Waals surface area (Å²) in [6, 6.07) is 3.10. The summed E-state index contributed by atoms with van der Waals surface area (Å²) in [4.78, 5) is 0. The number of aromatic nitrogens is 1. The van der Waals surface area contributed by atoms with E-state index in [1.165, 1.54) is 12.4 Å². The van der Waals surface area contributed by atoms with Gasteiger partial charge < -0.3 is 5.21 Å². The van der Waals surface area contributed by atoms with Gasteiger partial charge in [-0.25, -0.2) is 0 Å². The van der Waals surface area contributed by atoms with Gasteiger partial charge in [-0.3, -0.25) is 0 Å². The van der Waals surface area contributed by atoms with Crippen molar-refractivity contribution < 1.29 is 4.73 Å². The van der Waals surface area contributed by atoms with Crippen LogP contribution in [-0.2, 0) is 0 Å². The van der Waals surface area contributed by atoms with Gasteiger partial charge in [0.15, 0.2) is 12.4 Å². The van der Waals surface area contributed by atoms with Crippen LogP contribution in [0.5, 0.6) is 0 Å². The molecule has 0 fully saturated rings. The molecule has 0 atom stereocenters. The monoisotopic (exact) mass is 107 g/mol. The minimum absolute atomic E-state index is 0.608. The van der Waals surface area contributed by atoms with Crippen LogP contribution < -0.4 is 4.73 Å². The predicted molar refractivity (Wildman–Crippen MR) is 28.8 cm³/mol. The van der Waals surface area contributed by atoms with Crippen LogP contribution >= 0.6 is 0 Å². The Hall–Kier alpha value is -1.05. The minimum atomic E-state index is 0.608. The molecule has 0 aliphatic heterocycles. The second kappa shape index (κ2) is 1.82.